The van der Waals surface area contributed by atoms with Crippen LogP contribution in [0.1, 0.15) is 35.0 Å². The second-order valence-electron chi connectivity index (χ2n) is 10.1. The number of ether oxygens (including phenoxy) is 2. The van der Waals surface area contributed by atoms with Crippen LogP contribution >= 0.6 is 0 Å². The zero-order chi connectivity index (χ0) is 30.0. The summed E-state index contributed by atoms with van der Waals surface area (Å²) in [6, 6.07) is 19.1. The Labute approximate surface area is 250 Å². The summed E-state index contributed by atoms with van der Waals surface area (Å²) in [5.74, 6) is -0.436. The highest BCUT2D eigenvalue weighted by molar-refractivity contribution is 6.07. The minimum Gasteiger partial charge on any atom is -0.445 e. The largest absolute Gasteiger partial charge is 0.445 e. The summed E-state index contributed by atoms with van der Waals surface area (Å²) >= 11 is 0. The Morgan fingerprint density at radius 2 is 1.88 bits per heavy atom. The first-order valence-electron chi connectivity index (χ1n) is 14.3. The molecule has 4 N–H and O–H groups in total. The number of aromatic nitrogens is 3. The summed E-state index contributed by atoms with van der Waals surface area (Å²) in [6.45, 7) is 4.80. The molecule has 1 atom stereocenters. The summed E-state index contributed by atoms with van der Waals surface area (Å²) in [7, 11) is 0. The van der Waals surface area contributed by atoms with Gasteiger partial charge in [0, 0.05) is 31.4 Å². The number of nitrogen functional groups attached to an aromatic ring is 1. The molecule has 0 bridgehead atoms. The van der Waals surface area contributed by atoms with Gasteiger partial charge in [-0.2, -0.15) is 0 Å². The van der Waals surface area contributed by atoms with Crippen molar-refractivity contribution in [2.24, 2.45) is 0 Å². The third-order valence-corrected chi connectivity index (χ3v) is 7.14. The number of amides is 2. The molecule has 1 aliphatic heterocycles. The fraction of sp³-hybridized carbons (Fsp3) is 0.281. The fourth-order valence-electron chi connectivity index (χ4n) is 4.76. The van der Waals surface area contributed by atoms with Crippen LogP contribution < -0.4 is 21.3 Å². The number of nitrogens with one attached hydrogen (secondary N) is 2. The zero-order valence-electron chi connectivity index (χ0n) is 24.0. The van der Waals surface area contributed by atoms with Crippen LogP contribution in [0.2, 0.25) is 0 Å². The lowest BCUT2D eigenvalue weighted by Gasteiger charge is -2.35. The highest BCUT2D eigenvalue weighted by atomic mass is 16.5. The van der Waals surface area contributed by atoms with E-state index in [1.807, 2.05) is 60.7 Å². The van der Waals surface area contributed by atoms with Crippen molar-refractivity contribution in [1.82, 2.24) is 20.3 Å². The molecule has 11 heteroatoms. The number of pyridine rings is 1. The van der Waals surface area contributed by atoms with E-state index in [0.29, 0.717) is 37.5 Å². The molecule has 222 valence electrons. The van der Waals surface area contributed by atoms with Gasteiger partial charge >= 0.3 is 6.09 Å². The van der Waals surface area contributed by atoms with Crippen molar-refractivity contribution < 1.29 is 19.1 Å². The van der Waals surface area contributed by atoms with Gasteiger partial charge in [0.2, 0.25) is 0 Å². The average molecular weight is 582 g/mol. The van der Waals surface area contributed by atoms with Crippen LogP contribution in [0.3, 0.4) is 0 Å². The molecule has 0 aliphatic carbocycles. The third kappa shape index (κ3) is 7.83. The van der Waals surface area contributed by atoms with Gasteiger partial charge in [-0.1, -0.05) is 61.5 Å². The molecule has 3 heterocycles. The van der Waals surface area contributed by atoms with E-state index in [2.05, 4.69) is 37.4 Å². The lowest BCUT2D eigenvalue weighted by Crippen LogP contribution is -2.42. The minimum atomic E-state index is -0.469. The number of morpholine rings is 1. The average Bonchev–Trinajstić information content (AvgIpc) is 3.05. The zero-order valence-corrected chi connectivity index (χ0v) is 24.0. The third-order valence-electron chi connectivity index (χ3n) is 7.14. The van der Waals surface area contributed by atoms with E-state index >= 15 is 0 Å². The van der Waals surface area contributed by atoms with Crippen LogP contribution in [0, 0.1) is 0 Å². The first-order valence-corrected chi connectivity index (χ1v) is 14.3. The van der Waals surface area contributed by atoms with Gasteiger partial charge in [-0.05, 0) is 30.0 Å². The predicted molar refractivity (Wildman–Crippen MR) is 165 cm³/mol. The molecule has 0 spiro atoms. The number of nitrogens with zero attached hydrogens (tertiary/aromatic N) is 4. The van der Waals surface area contributed by atoms with E-state index in [-0.39, 0.29) is 24.2 Å². The van der Waals surface area contributed by atoms with Crippen molar-refractivity contribution in [3.63, 3.8) is 0 Å². The Balaban J connectivity index is 1.19. The number of carbonyl (C=O) groups is 2. The maximum atomic E-state index is 13.3. The van der Waals surface area contributed by atoms with Crippen molar-refractivity contribution in [2.45, 2.75) is 32.5 Å². The van der Waals surface area contributed by atoms with Gasteiger partial charge in [0.1, 0.15) is 6.61 Å². The summed E-state index contributed by atoms with van der Waals surface area (Å²) in [5.41, 5.74) is 10.8. The van der Waals surface area contributed by atoms with Gasteiger partial charge in [-0.15, -0.1) is 0 Å². The number of hydrogen-bond donors (Lipinski definition) is 3. The Morgan fingerprint density at radius 1 is 1.07 bits per heavy atom. The van der Waals surface area contributed by atoms with E-state index in [4.69, 9.17) is 15.2 Å². The Bertz CT molecular complexity index is 1530. The first kappa shape index (κ1) is 29.5. The maximum absolute atomic E-state index is 13.3. The van der Waals surface area contributed by atoms with Crippen molar-refractivity contribution in [3.8, 4) is 11.3 Å². The van der Waals surface area contributed by atoms with E-state index < -0.39 is 12.0 Å². The van der Waals surface area contributed by atoms with Crippen LogP contribution in [0.4, 0.5) is 22.0 Å². The molecule has 1 saturated heterocycles. The highest BCUT2D eigenvalue weighted by Crippen LogP contribution is 2.28. The normalized spacial score (nSPS) is 14.6. The number of carbonyl (C=O) groups excluding carboxylic acids is 2. The molecule has 2 amide bonds. The summed E-state index contributed by atoms with van der Waals surface area (Å²) in [5, 5.41) is 5.69. The molecule has 43 heavy (non-hydrogen) atoms. The lowest BCUT2D eigenvalue weighted by molar-refractivity contribution is 0.0385. The number of benzene rings is 2. The molecule has 1 fully saturated rings. The molecule has 4 aromatic rings. The van der Waals surface area contributed by atoms with Gasteiger partial charge in [-0.3, -0.25) is 9.78 Å². The Morgan fingerprint density at radius 3 is 2.67 bits per heavy atom. The lowest BCUT2D eigenvalue weighted by atomic mass is 10.1. The molecular weight excluding hydrogens is 546 g/mol. The molecule has 2 aromatic carbocycles. The smallest absolute Gasteiger partial charge is 0.407 e. The standard InChI is InChI=1S/C32H35N7O4/c1-2-25-20-39(16-17-42-25)28-13-14-34-18-27(28)38-31(40)29-30(33)36-19-26(37-29)24-10-8-22(9-11-24)12-15-35-32(41)43-21-23-6-4-3-5-7-23/h3-11,13-14,18-19,25H,2,12,15-17,20-21H2,1H3,(H2,33,36)(H,35,41)(H,38,40). The van der Waals surface area contributed by atoms with Crippen LogP contribution in [0.5, 0.6) is 0 Å². The molecule has 0 saturated carbocycles. The fourth-order valence-corrected chi connectivity index (χ4v) is 4.76. The van der Waals surface area contributed by atoms with Gasteiger partial charge in [0.15, 0.2) is 11.5 Å². The number of anilines is 3. The van der Waals surface area contributed by atoms with E-state index in [1.54, 1.807) is 18.6 Å². The van der Waals surface area contributed by atoms with E-state index in [1.165, 1.54) is 0 Å². The van der Waals surface area contributed by atoms with Crippen molar-refractivity contribution in [2.75, 3.05) is 42.2 Å². The van der Waals surface area contributed by atoms with Gasteiger partial charge in [-0.25, -0.2) is 14.8 Å². The molecular formula is C32H35N7O4. The highest BCUT2D eigenvalue weighted by Gasteiger charge is 2.23. The SMILES string of the molecule is CCC1CN(c2ccncc2NC(=O)c2nc(-c3ccc(CCNC(=O)OCc4ccccc4)cc3)cnc2N)CCO1. The van der Waals surface area contributed by atoms with Gasteiger partial charge in [0.05, 0.1) is 42.2 Å². The number of hydrogen-bond acceptors (Lipinski definition) is 9. The van der Waals surface area contributed by atoms with Crippen LogP contribution in [0.15, 0.2) is 79.3 Å². The number of alkyl carbamates (subject to hydrolysis) is 1. The number of rotatable bonds is 10. The maximum Gasteiger partial charge on any atom is 0.407 e. The van der Waals surface area contributed by atoms with Crippen LogP contribution in [-0.2, 0) is 22.5 Å². The molecule has 2 aromatic heterocycles. The van der Waals surface area contributed by atoms with Crippen molar-refractivity contribution in [1.29, 1.82) is 0 Å². The molecule has 5 rings (SSSR count). The molecule has 0 radical (unpaired) electrons. The summed E-state index contributed by atoms with van der Waals surface area (Å²) in [6.07, 6.45) is 6.06. The van der Waals surface area contributed by atoms with Crippen LogP contribution in [-0.4, -0.2) is 59.3 Å². The second-order valence-corrected chi connectivity index (χ2v) is 10.1. The first-order chi connectivity index (χ1) is 21.0. The van der Waals surface area contributed by atoms with Gasteiger partial charge in [0.25, 0.3) is 5.91 Å². The second kappa shape index (κ2) is 14.2. The van der Waals surface area contributed by atoms with Crippen molar-refractivity contribution in [3.05, 3.63) is 96.1 Å². The monoisotopic (exact) mass is 581 g/mol. The quantitative estimate of drug-likeness (QED) is 0.247. The topological polar surface area (TPSA) is 145 Å². The molecule has 1 unspecified atom stereocenters. The molecule has 1 aliphatic rings. The summed E-state index contributed by atoms with van der Waals surface area (Å²) < 4.78 is 11.0. The van der Waals surface area contributed by atoms with Crippen molar-refractivity contribution >= 4 is 29.2 Å². The van der Waals surface area contributed by atoms with Crippen LogP contribution in [0.25, 0.3) is 11.3 Å². The minimum absolute atomic E-state index is 0.0306. The summed E-state index contributed by atoms with van der Waals surface area (Å²) in [4.78, 5) is 40.5. The Hall–Kier alpha value is -5.03. The van der Waals surface area contributed by atoms with E-state index in [0.717, 1.165) is 35.3 Å². The van der Waals surface area contributed by atoms with E-state index in [9.17, 15) is 9.59 Å². The number of nitrogens with two attached hydrogens (primary N) is 1. The molecule has 11 nitrogen and oxygen atoms in total. The Kier molecular flexibility index (Phi) is 9.75. The van der Waals surface area contributed by atoms with Gasteiger partial charge < -0.3 is 30.7 Å². The predicted octanol–water partition coefficient (Wildman–Crippen LogP) is 4.46.